The SMILES string of the molecule is c1ccc(-c2cccc(N(c3ccccc3)c3ccc4oc5ccc(N(c6ccccc6)c6cccc(-n7c8ccccc8c8ccccc87)c6)cc5c4c3)c2)cc1.c1ccc(-c2ccccc2-c2ccccc2N(c2ccccc2)c2ccc3oc4ccc(N(c5ccc6c(c5)C5(c7ccccc7-c7ccccc75)c5ccccc5-6)c5cccc6c5sc5ccccc56)cc4c3c2)cc1. The summed E-state index contributed by atoms with van der Waals surface area (Å²) in [5.74, 6) is 0. The van der Waals surface area contributed by atoms with Crippen LogP contribution in [0.15, 0.2) is 512 Å². The van der Waals surface area contributed by atoms with Gasteiger partial charge in [0.05, 0.1) is 32.5 Å². The summed E-state index contributed by atoms with van der Waals surface area (Å²) in [7, 11) is 0. The third kappa shape index (κ3) is 13.1. The molecule has 27 rings (SSSR count). The van der Waals surface area contributed by atoms with E-state index in [1.54, 1.807) is 0 Å². The van der Waals surface area contributed by atoms with Gasteiger partial charge in [-0.15, -0.1) is 11.3 Å². The number of nitrogens with zero attached hydrogens (tertiary/aromatic N) is 5. The van der Waals surface area contributed by atoms with E-state index in [1.807, 2.05) is 11.3 Å². The molecule has 0 saturated heterocycles. The number of para-hydroxylation sites is 6. The summed E-state index contributed by atoms with van der Waals surface area (Å²) in [6.07, 6.45) is 0. The second kappa shape index (κ2) is 32.5. The molecule has 0 fully saturated rings. The zero-order chi connectivity index (χ0) is 89.0. The zero-order valence-corrected chi connectivity index (χ0v) is 74.2. The Kier molecular flexibility index (Phi) is 18.9. The zero-order valence-electron chi connectivity index (χ0n) is 73.4. The molecule has 0 amide bonds. The van der Waals surface area contributed by atoms with Crippen LogP contribution in [0.4, 0.5) is 68.2 Å². The van der Waals surface area contributed by atoms with E-state index < -0.39 is 5.41 Å². The second-order valence-electron chi connectivity index (χ2n) is 34.9. The lowest BCUT2D eigenvalue weighted by atomic mass is 9.70. The summed E-state index contributed by atoms with van der Waals surface area (Å²) in [5, 5.41) is 9.22. The lowest BCUT2D eigenvalue weighted by Crippen LogP contribution is -2.26. The van der Waals surface area contributed by atoms with Gasteiger partial charge in [0, 0.05) is 116 Å². The van der Waals surface area contributed by atoms with Gasteiger partial charge in [0.2, 0.25) is 0 Å². The van der Waals surface area contributed by atoms with Crippen molar-refractivity contribution in [1.82, 2.24) is 4.57 Å². The minimum Gasteiger partial charge on any atom is -0.456 e. The van der Waals surface area contributed by atoms with Crippen molar-refractivity contribution in [2.75, 3.05) is 19.6 Å². The van der Waals surface area contributed by atoms with E-state index in [4.69, 9.17) is 8.83 Å². The molecule has 4 heterocycles. The minimum absolute atomic E-state index is 0.488. The predicted molar refractivity (Wildman–Crippen MR) is 566 cm³/mol. The Morgan fingerprint density at radius 3 is 1.08 bits per heavy atom. The van der Waals surface area contributed by atoms with Crippen molar-refractivity contribution in [3.63, 3.8) is 0 Å². The van der Waals surface area contributed by atoms with Crippen LogP contribution in [-0.2, 0) is 5.41 Å². The molecule has 1 spiro atoms. The summed E-state index contributed by atoms with van der Waals surface area (Å²) in [6.45, 7) is 0. The first-order valence-electron chi connectivity index (χ1n) is 46.1. The van der Waals surface area contributed by atoms with E-state index in [0.29, 0.717) is 0 Å². The number of hydrogen-bond acceptors (Lipinski definition) is 7. The van der Waals surface area contributed by atoms with Crippen LogP contribution >= 0.6 is 11.3 Å². The highest BCUT2D eigenvalue weighted by atomic mass is 32.1. The van der Waals surface area contributed by atoms with Crippen LogP contribution in [0.1, 0.15) is 22.3 Å². The van der Waals surface area contributed by atoms with E-state index in [1.165, 1.54) is 114 Å². The van der Waals surface area contributed by atoms with E-state index in [-0.39, 0.29) is 0 Å². The maximum absolute atomic E-state index is 6.80. The van der Waals surface area contributed by atoms with Crippen LogP contribution in [0.25, 0.3) is 147 Å². The van der Waals surface area contributed by atoms with Gasteiger partial charge in [0.15, 0.2) is 0 Å². The summed E-state index contributed by atoms with van der Waals surface area (Å²) >= 11 is 1.86. The molecule has 0 unspecified atom stereocenters. The lowest BCUT2D eigenvalue weighted by Gasteiger charge is -2.32. The van der Waals surface area contributed by atoms with Crippen molar-refractivity contribution >= 4 is 165 Å². The summed E-state index contributed by atoms with van der Waals surface area (Å²) in [6, 6.07) is 182. The summed E-state index contributed by atoms with van der Waals surface area (Å²) in [4.78, 5) is 9.56. The Hall–Kier alpha value is -17.6. The molecular weight excluding hydrogens is 1660 g/mol. The van der Waals surface area contributed by atoms with E-state index in [9.17, 15) is 0 Å². The van der Waals surface area contributed by atoms with Crippen molar-refractivity contribution in [3.05, 3.63) is 526 Å². The molecule has 135 heavy (non-hydrogen) atoms. The fraction of sp³-hybridized carbons (Fsp3) is 0.00787. The quantitative estimate of drug-likeness (QED) is 0.0961. The summed E-state index contributed by atoms with van der Waals surface area (Å²) in [5.41, 5.74) is 36.7. The fourth-order valence-corrected chi connectivity index (χ4v) is 22.8. The standard InChI is InChI=1S/C73H46N2OS.C54H37N3O/c1-3-20-47(21-4-1)52-24-7-8-25-53(52)58-29-12-17-35-67(58)74(48-22-5-2-6-23-48)49-39-42-69-61(44-49)62-45-50(40-43-70(62)76-69)75(68-36-19-31-60-59-30-13-18-37-71(59)77-72(60)68)51-38-41-57-56-28-11-16-34-65(56)73(66(57)46-51)63-32-14-9-26-54(63)55-27-10-15-33-64(55)73;1-4-16-38(17-5-1)39-18-14-23-42(34-39)55(40-19-6-2-7-20-40)45-30-32-53-49(36-45)50-37-46(31-33-54(50)58-53)56(41-21-8-3-9-22-41)43-24-15-25-44(35-43)57-51-28-12-10-26-47(51)48-27-11-13-29-52(48)57/h1-46H;1-37H. The van der Waals surface area contributed by atoms with Crippen molar-refractivity contribution in [2.45, 2.75) is 5.41 Å². The molecule has 634 valence electrons. The van der Waals surface area contributed by atoms with Gasteiger partial charge in [-0.05, 0) is 254 Å². The van der Waals surface area contributed by atoms with Crippen molar-refractivity contribution in [1.29, 1.82) is 0 Å². The number of furan rings is 2. The largest absolute Gasteiger partial charge is 0.456 e. The average Bonchev–Trinajstić information content (AvgIpc) is 1.50. The van der Waals surface area contributed by atoms with Gasteiger partial charge in [0.1, 0.15) is 22.3 Å². The molecule has 0 aliphatic heterocycles. The van der Waals surface area contributed by atoms with Crippen LogP contribution < -0.4 is 19.6 Å². The van der Waals surface area contributed by atoms with Gasteiger partial charge >= 0.3 is 0 Å². The first-order chi connectivity index (χ1) is 67.0. The number of hydrogen-bond donors (Lipinski definition) is 0. The van der Waals surface area contributed by atoms with Gasteiger partial charge in [0.25, 0.3) is 0 Å². The number of aromatic nitrogens is 1. The number of thiophene rings is 1. The van der Waals surface area contributed by atoms with E-state index in [2.05, 4.69) is 528 Å². The topological polar surface area (TPSA) is 44.2 Å². The van der Waals surface area contributed by atoms with Crippen molar-refractivity contribution in [3.8, 4) is 61.3 Å². The van der Waals surface area contributed by atoms with E-state index in [0.717, 1.165) is 123 Å². The Morgan fingerprint density at radius 2 is 0.541 bits per heavy atom. The molecule has 0 N–H and O–H groups in total. The van der Waals surface area contributed by atoms with Crippen LogP contribution in [0.3, 0.4) is 0 Å². The molecule has 0 atom stereocenters. The molecule has 4 aromatic heterocycles. The molecule has 21 aromatic carbocycles. The second-order valence-corrected chi connectivity index (χ2v) is 35.9. The highest BCUT2D eigenvalue weighted by Gasteiger charge is 2.52. The maximum atomic E-state index is 6.80. The number of fused-ring (bicyclic) bond motifs is 22. The van der Waals surface area contributed by atoms with Crippen molar-refractivity contribution < 1.29 is 8.83 Å². The molecule has 25 aromatic rings. The van der Waals surface area contributed by atoms with E-state index >= 15 is 0 Å². The van der Waals surface area contributed by atoms with Crippen LogP contribution in [0.5, 0.6) is 0 Å². The Bertz CT molecular complexity index is 8810. The lowest BCUT2D eigenvalue weighted by molar-refractivity contribution is 0.668. The third-order valence-electron chi connectivity index (χ3n) is 27.4. The maximum Gasteiger partial charge on any atom is 0.135 e. The van der Waals surface area contributed by atoms with Gasteiger partial charge < -0.3 is 33.0 Å². The first kappa shape index (κ1) is 78.5. The molecule has 0 bridgehead atoms. The molecular formula is C127H83N5O2S. The number of rotatable bonds is 16. The smallest absolute Gasteiger partial charge is 0.135 e. The van der Waals surface area contributed by atoms with Crippen molar-refractivity contribution in [2.24, 2.45) is 0 Å². The van der Waals surface area contributed by atoms with Gasteiger partial charge in [-0.2, -0.15) is 0 Å². The molecule has 7 nitrogen and oxygen atoms in total. The molecule has 0 saturated carbocycles. The van der Waals surface area contributed by atoms with Crippen LogP contribution in [-0.4, -0.2) is 4.57 Å². The molecule has 8 heteroatoms. The molecule has 2 aliphatic carbocycles. The first-order valence-corrected chi connectivity index (χ1v) is 46.9. The number of anilines is 12. The van der Waals surface area contributed by atoms with Gasteiger partial charge in [-0.1, -0.05) is 322 Å². The monoisotopic (exact) mass is 1740 g/mol. The fourth-order valence-electron chi connectivity index (χ4n) is 21.6. The average molecular weight is 1740 g/mol. The van der Waals surface area contributed by atoms with Gasteiger partial charge in [-0.3, -0.25) is 0 Å². The third-order valence-corrected chi connectivity index (χ3v) is 28.6. The Balaban J connectivity index is 0.000000146. The van der Waals surface area contributed by atoms with Crippen LogP contribution in [0, 0.1) is 0 Å². The Morgan fingerprint density at radius 1 is 0.193 bits per heavy atom. The van der Waals surface area contributed by atoms with Crippen LogP contribution in [0.2, 0.25) is 0 Å². The highest BCUT2D eigenvalue weighted by Crippen LogP contribution is 2.64. The molecule has 2 aliphatic rings. The summed E-state index contributed by atoms with van der Waals surface area (Å²) < 4.78 is 18.2. The minimum atomic E-state index is -0.488. The predicted octanol–water partition coefficient (Wildman–Crippen LogP) is 35.9. The number of benzene rings is 21. The Labute approximate surface area is 785 Å². The van der Waals surface area contributed by atoms with Gasteiger partial charge in [-0.25, -0.2) is 0 Å². The normalized spacial score (nSPS) is 12.2. The highest BCUT2D eigenvalue weighted by molar-refractivity contribution is 7.26. The molecule has 0 radical (unpaired) electrons.